The van der Waals surface area contributed by atoms with E-state index in [1.165, 1.54) is 17.2 Å². The second-order valence-electron chi connectivity index (χ2n) is 5.11. The van der Waals surface area contributed by atoms with Crippen molar-refractivity contribution in [3.63, 3.8) is 0 Å². The lowest BCUT2D eigenvalue weighted by Gasteiger charge is -2.29. The van der Waals surface area contributed by atoms with E-state index < -0.39 is 0 Å². The molecule has 0 aliphatic heterocycles. The Bertz CT molecular complexity index is 618. The van der Waals surface area contributed by atoms with Crippen molar-refractivity contribution in [1.29, 1.82) is 0 Å². The minimum Gasteiger partial charge on any atom is -0.299 e. The summed E-state index contributed by atoms with van der Waals surface area (Å²) in [5.74, 6) is 0.157. The van der Waals surface area contributed by atoms with Crippen LogP contribution in [0.15, 0.2) is 48.5 Å². The van der Waals surface area contributed by atoms with Crippen LogP contribution in [0.5, 0.6) is 0 Å². The maximum absolute atomic E-state index is 13.5. The quantitative estimate of drug-likeness (QED) is 0.813. The number of Topliss-reactive ketones (excluding diaryl/α,β-unsaturated/α-hetero) is 1. The molecule has 2 heteroatoms. The van der Waals surface area contributed by atoms with Crippen LogP contribution in [-0.2, 0) is 17.6 Å². The fourth-order valence-corrected chi connectivity index (χ4v) is 2.75. The smallest absolute Gasteiger partial charge is 0.137 e. The van der Waals surface area contributed by atoms with Crippen molar-refractivity contribution in [3.05, 3.63) is 71.0 Å². The molecule has 19 heavy (non-hydrogen) atoms. The van der Waals surface area contributed by atoms with Crippen molar-refractivity contribution in [3.8, 4) is 0 Å². The average Bonchev–Trinajstić information content (AvgIpc) is 2.39. The van der Waals surface area contributed by atoms with E-state index in [4.69, 9.17) is 0 Å². The molecule has 0 saturated carbocycles. The number of benzene rings is 2. The van der Waals surface area contributed by atoms with Crippen LogP contribution in [0, 0.1) is 5.82 Å². The molecule has 3 rings (SSSR count). The van der Waals surface area contributed by atoms with Gasteiger partial charge < -0.3 is 0 Å². The molecule has 1 unspecified atom stereocenters. The van der Waals surface area contributed by atoms with E-state index in [1.54, 1.807) is 18.2 Å². The van der Waals surface area contributed by atoms with Gasteiger partial charge in [0.2, 0.25) is 0 Å². The fourth-order valence-electron chi connectivity index (χ4n) is 2.75. The molecule has 1 atom stereocenters. The van der Waals surface area contributed by atoms with Gasteiger partial charge in [0.05, 0.1) is 0 Å². The van der Waals surface area contributed by atoms with Gasteiger partial charge in [-0.05, 0) is 35.1 Å². The molecule has 2 aromatic carbocycles. The summed E-state index contributed by atoms with van der Waals surface area (Å²) in [6.45, 7) is 0. The second-order valence-corrected chi connectivity index (χ2v) is 5.11. The number of rotatable bonds is 4. The van der Waals surface area contributed by atoms with E-state index >= 15 is 0 Å². The van der Waals surface area contributed by atoms with Crippen LogP contribution in [0.3, 0.4) is 0 Å². The molecule has 0 N–H and O–H groups in total. The zero-order valence-corrected chi connectivity index (χ0v) is 10.6. The summed E-state index contributed by atoms with van der Waals surface area (Å²) in [7, 11) is 0. The van der Waals surface area contributed by atoms with Gasteiger partial charge in [-0.2, -0.15) is 0 Å². The highest BCUT2D eigenvalue weighted by atomic mass is 19.1. The molecular weight excluding hydrogens is 239 g/mol. The van der Waals surface area contributed by atoms with E-state index in [9.17, 15) is 9.18 Å². The Labute approximate surface area is 112 Å². The molecule has 1 aliphatic rings. The van der Waals surface area contributed by atoms with Crippen molar-refractivity contribution in [2.24, 2.45) is 0 Å². The van der Waals surface area contributed by atoms with E-state index in [1.807, 2.05) is 12.1 Å². The fraction of sp³-hybridized carbons (Fsp3) is 0.235. The molecule has 0 aromatic heterocycles. The Hall–Kier alpha value is -1.96. The lowest BCUT2D eigenvalue weighted by atomic mass is 9.75. The second kappa shape index (κ2) is 4.96. The Morgan fingerprint density at radius 3 is 2.63 bits per heavy atom. The minimum absolute atomic E-state index is 0.115. The Morgan fingerprint density at radius 1 is 1.11 bits per heavy atom. The van der Waals surface area contributed by atoms with E-state index in [-0.39, 0.29) is 18.0 Å². The van der Waals surface area contributed by atoms with Gasteiger partial charge in [0.1, 0.15) is 11.6 Å². The van der Waals surface area contributed by atoms with E-state index in [0.29, 0.717) is 17.9 Å². The molecule has 0 spiro atoms. The van der Waals surface area contributed by atoms with Crippen molar-refractivity contribution in [2.45, 2.75) is 25.2 Å². The monoisotopic (exact) mass is 254 g/mol. The number of carbonyl (C=O) groups is 1. The third kappa shape index (κ3) is 2.43. The van der Waals surface area contributed by atoms with Crippen LogP contribution in [0.4, 0.5) is 4.39 Å². The molecule has 0 bridgehead atoms. The standard InChI is InChI=1S/C17H15FO/c18-17-8-4-2-6-13(17)10-15(19)11-14-9-12-5-1-3-7-16(12)14/h1-8,14H,9-11H2. The highest BCUT2D eigenvalue weighted by molar-refractivity contribution is 5.82. The van der Waals surface area contributed by atoms with E-state index in [2.05, 4.69) is 12.1 Å². The van der Waals surface area contributed by atoms with Crippen molar-refractivity contribution in [2.75, 3.05) is 0 Å². The molecule has 0 saturated heterocycles. The maximum atomic E-state index is 13.5. The predicted octanol–water partition coefficient (Wildman–Crippen LogP) is 3.67. The molecule has 96 valence electrons. The van der Waals surface area contributed by atoms with Gasteiger partial charge in [-0.15, -0.1) is 0 Å². The number of halogens is 1. The Morgan fingerprint density at radius 2 is 1.84 bits per heavy atom. The SMILES string of the molecule is O=C(Cc1ccccc1F)CC1Cc2ccccc21. The normalized spacial score (nSPS) is 16.6. The number of ketones is 1. The first-order valence-electron chi connectivity index (χ1n) is 6.57. The van der Waals surface area contributed by atoms with E-state index in [0.717, 1.165) is 6.42 Å². The largest absolute Gasteiger partial charge is 0.299 e. The third-order valence-electron chi connectivity index (χ3n) is 3.78. The number of hydrogen-bond acceptors (Lipinski definition) is 1. The van der Waals surface area contributed by atoms with Crippen molar-refractivity contribution < 1.29 is 9.18 Å². The summed E-state index contributed by atoms with van der Waals surface area (Å²) in [5.41, 5.74) is 3.12. The number of hydrogen-bond donors (Lipinski definition) is 0. The first-order valence-corrected chi connectivity index (χ1v) is 6.57. The summed E-state index contributed by atoms with van der Waals surface area (Å²) in [6.07, 6.45) is 1.69. The molecule has 2 aromatic rings. The van der Waals surface area contributed by atoms with Crippen molar-refractivity contribution >= 4 is 5.78 Å². The van der Waals surface area contributed by atoms with Gasteiger partial charge in [0, 0.05) is 12.8 Å². The molecule has 1 nitrogen and oxygen atoms in total. The topological polar surface area (TPSA) is 17.1 Å². The summed E-state index contributed by atoms with van der Waals surface area (Å²) >= 11 is 0. The number of carbonyl (C=O) groups excluding carboxylic acids is 1. The molecule has 0 heterocycles. The molecule has 0 fully saturated rings. The van der Waals surface area contributed by atoms with Crippen LogP contribution in [0.1, 0.15) is 29.0 Å². The zero-order chi connectivity index (χ0) is 13.2. The average molecular weight is 254 g/mol. The van der Waals surface area contributed by atoms with Crippen LogP contribution < -0.4 is 0 Å². The van der Waals surface area contributed by atoms with Crippen LogP contribution in [0.25, 0.3) is 0 Å². The van der Waals surface area contributed by atoms with Crippen LogP contribution in [0.2, 0.25) is 0 Å². The number of fused-ring (bicyclic) bond motifs is 1. The zero-order valence-electron chi connectivity index (χ0n) is 10.6. The summed E-state index contributed by atoms with van der Waals surface area (Å²) < 4.78 is 13.5. The summed E-state index contributed by atoms with van der Waals surface area (Å²) in [6, 6.07) is 14.7. The Kier molecular flexibility index (Phi) is 3.16. The van der Waals surface area contributed by atoms with Gasteiger partial charge in [-0.3, -0.25) is 4.79 Å². The van der Waals surface area contributed by atoms with Crippen molar-refractivity contribution in [1.82, 2.24) is 0 Å². The first kappa shape index (κ1) is 12.1. The first-order chi connectivity index (χ1) is 9.24. The molecule has 0 amide bonds. The maximum Gasteiger partial charge on any atom is 0.137 e. The van der Waals surface area contributed by atoms with Crippen LogP contribution >= 0.6 is 0 Å². The minimum atomic E-state index is -0.287. The summed E-state index contributed by atoms with van der Waals surface area (Å²) in [5, 5.41) is 0. The van der Waals surface area contributed by atoms with Gasteiger partial charge >= 0.3 is 0 Å². The molecule has 0 radical (unpaired) electrons. The highest BCUT2D eigenvalue weighted by Gasteiger charge is 2.27. The predicted molar refractivity (Wildman–Crippen MR) is 72.6 cm³/mol. The lowest BCUT2D eigenvalue weighted by molar-refractivity contribution is -0.118. The van der Waals surface area contributed by atoms with Gasteiger partial charge in [-0.1, -0.05) is 42.5 Å². The van der Waals surface area contributed by atoms with Gasteiger partial charge in [0.15, 0.2) is 0 Å². The van der Waals surface area contributed by atoms with Gasteiger partial charge in [0.25, 0.3) is 0 Å². The summed E-state index contributed by atoms with van der Waals surface area (Å²) in [4.78, 5) is 12.0. The Balaban J connectivity index is 1.64. The lowest BCUT2D eigenvalue weighted by Crippen LogP contribution is -2.21. The molecular formula is C17H15FO. The van der Waals surface area contributed by atoms with Crippen LogP contribution in [-0.4, -0.2) is 5.78 Å². The highest BCUT2D eigenvalue weighted by Crippen LogP contribution is 2.37. The third-order valence-corrected chi connectivity index (χ3v) is 3.78. The molecule has 1 aliphatic carbocycles. The van der Waals surface area contributed by atoms with Gasteiger partial charge in [-0.25, -0.2) is 4.39 Å².